The van der Waals surface area contributed by atoms with Crippen molar-refractivity contribution >= 4 is 11.9 Å². The Hall–Kier alpha value is -3.88. The van der Waals surface area contributed by atoms with Crippen molar-refractivity contribution in [1.29, 1.82) is 0 Å². The monoisotopic (exact) mass is 533 g/mol. The summed E-state index contributed by atoms with van der Waals surface area (Å²) in [4.78, 5) is 26.3. The van der Waals surface area contributed by atoms with Crippen molar-refractivity contribution in [3.63, 3.8) is 0 Å². The Morgan fingerprint density at radius 1 is 1.00 bits per heavy atom. The van der Waals surface area contributed by atoms with E-state index in [4.69, 9.17) is 9.47 Å². The number of ether oxygens (including phenoxy) is 2. The van der Waals surface area contributed by atoms with Gasteiger partial charge in [0.1, 0.15) is 23.4 Å². The molecular weight excluding hydrogens is 501 g/mol. The predicted octanol–water partition coefficient (Wildman–Crippen LogP) is 5.10. The topological polar surface area (TPSA) is 103 Å². The van der Waals surface area contributed by atoms with E-state index < -0.39 is 29.2 Å². The number of benzene rings is 2. The summed E-state index contributed by atoms with van der Waals surface area (Å²) >= 11 is 0. The third kappa shape index (κ3) is 4.43. The lowest BCUT2D eigenvalue weighted by Crippen LogP contribution is -2.59. The van der Waals surface area contributed by atoms with Crippen LogP contribution in [0.3, 0.4) is 0 Å². The van der Waals surface area contributed by atoms with Crippen LogP contribution in [0.2, 0.25) is 0 Å². The molecule has 1 aromatic heterocycles. The van der Waals surface area contributed by atoms with Crippen LogP contribution in [-0.2, 0) is 4.79 Å². The Bertz CT molecular complexity index is 1360. The van der Waals surface area contributed by atoms with Crippen molar-refractivity contribution < 1.29 is 28.6 Å². The van der Waals surface area contributed by atoms with Gasteiger partial charge in [0, 0.05) is 5.41 Å². The normalized spacial score (nSPS) is 25.8. The Morgan fingerprint density at radius 3 is 2.08 bits per heavy atom. The molecule has 0 unspecified atom stereocenters. The van der Waals surface area contributed by atoms with Gasteiger partial charge in [0.15, 0.2) is 5.69 Å². The molecule has 2 N–H and O–H groups in total. The number of methoxy groups -OCH3 is 2. The van der Waals surface area contributed by atoms with Crippen molar-refractivity contribution in [2.24, 2.45) is 23.2 Å². The van der Waals surface area contributed by atoms with Gasteiger partial charge in [-0.05, 0) is 98.7 Å². The molecule has 4 saturated carbocycles. The average Bonchev–Trinajstić information content (AvgIpc) is 3.35. The van der Waals surface area contributed by atoms with E-state index >= 15 is 0 Å². The first-order valence-corrected chi connectivity index (χ1v) is 13.4. The van der Waals surface area contributed by atoms with Gasteiger partial charge in [0.2, 0.25) is 0 Å². The van der Waals surface area contributed by atoms with Crippen LogP contribution in [-0.4, -0.2) is 47.0 Å². The number of hydrogen-bond acceptors (Lipinski definition) is 5. The van der Waals surface area contributed by atoms with Crippen LogP contribution < -0.4 is 14.8 Å². The van der Waals surface area contributed by atoms with E-state index in [1.54, 1.807) is 36.4 Å². The second-order valence-electron chi connectivity index (χ2n) is 11.4. The third-order valence-corrected chi connectivity index (χ3v) is 8.92. The number of carbonyl (C=O) groups is 2. The Kier molecular flexibility index (Phi) is 6.32. The van der Waals surface area contributed by atoms with Crippen molar-refractivity contribution in [2.45, 2.75) is 44.6 Å². The highest BCUT2D eigenvalue weighted by Gasteiger charge is 2.56. The number of halogens is 1. The molecule has 0 saturated heterocycles. The van der Waals surface area contributed by atoms with E-state index in [1.165, 1.54) is 50.3 Å². The number of carboxylic acid groups (broad SMARTS) is 1. The first-order valence-electron chi connectivity index (χ1n) is 13.4. The zero-order chi connectivity index (χ0) is 27.3. The van der Waals surface area contributed by atoms with E-state index in [0.29, 0.717) is 46.2 Å². The number of hydrogen-bond donors (Lipinski definition) is 2. The van der Waals surface area contributed by atoms with Gasteiger partial charge in [0.25, 0.3) is 5.91 Å². The second-order valence-corrected chi connectivity index (χ2v) is 11.4. The van der Waals surface area contributed by atoms with E-state index in [1.807, 2.05) is 0 Å². The standard InChI is InChI=1S/C30H32FN3O5/c1-38-24-4-3-5-25(39-2)26(24)23-13-22(33-34(23)21-8-6-20(31)7-9-21)28(35)32-27(29(36)37)30-14-17-10-18(15-30)12-19(11-17)16-30/h3-9,13,17-19,27H,10-12,14-16H2,1-2H3,(H,32,35)(H,36,37)/t17?,18?,19?,27-,30?/m1/s1. The largest absolute Gasteiger partial charge is 0.496 e. The fraction of sp³-hybridized carbons (Fsp3) is 0.433. The van der Waals surface area contributed by atoms with Crippen LogP contribution in [0.4, 0.5) is 4.39 Å². The van der Waals surface area contributed by atoms with Crippen LogP contribution in [0, 0.1) is 29.0 Å². The molecule has 9 heteroatoms. The lowest BCUT2D eigenvalue weighted by Gasteiger charge is -2.58. The van der Waals surface area contributed by atoms with E-state index in [9.17, 15) is 19.1 Å². The Balaban J connectivity index is 1.40. The number of amides is 1. The smallest absolute Gasteiger partial charge is 0.326 e. The molecule has 1 amide bonds. The highest BCUT2D eigenvalue weighted by Crippen LogP contribution is 2.61. The fourth-order valence-electron chi connectivity index (χ4n) is 7.77. The van der Waals surface area contributed by atoms with Gasteiger partial charge < -0.3 is 19.9 Å². The third-order valence-electron chi connectivity index (χ3n) is 8.92. The SMILES string of the molecule is COc1cccc(OC)c1-c1cc(C(=O)N[C@H](C(=O)O)C23CC4CC(CC(C4)C2)C3)nn1-c1ccc(F)cc1. The first-order chi connectivity index (χ1) is 18.8. The zero-order valence-electron chi connectivity index (χ0n) is 22.0. The van der Waals surface area contributed by atoms with Crippen molar-refractivity contribution in [1.82, 2.24) is 15.1 Å². The summed E-state index contributed by atoms with van der Waals surface area (Å²) in [5, 5.41) is 17.7. The average molecular weight is 534 g/mol. The van der Waals surface area contributed by atoms with E-state index in [-0.39, 0.29) is 5.69 Å². The number of aromatic nitrogens is 2. The summed E-state index contributed by atoms with van der Waals surface area (Å²) in [6.07, 6.45) is 6.03. The molecule has 0 spiro atoms. The molecule has 204 valence electrons. The minimum Gasteiger partial charge on any atom is -0.496 e. The number of nitrogens with one attached hydrogen (secondary N) is 1. The van der Waals surface area contributed by atoms with Crippen molar-refractivity contribution in [3.8, 4) is 28.4 Å². The van der Waals surface area contributed by atoms with Crippen LogP contribution in [0.5, 0.6) is 11.5 Å². The predicted molar refractivity (Wildman–Crippen MR) is 142 cm³/mol. The summed E-state index contributed by atoms with van der Waals surface area (Å²) < 4.78 is 26.5. The molecule has 4 aliphatic rings. The van der Waals surface area contributed by atoms with Gasteiger partial charge in [-0.25, -0.2) is 13.9 Å². The highest BCUT2D eigenvalue weighted by molar-refractivity contribution is 5.96. The molecule has 2 aromatic carbocycles. The summed E-state index contributed by atoms with van der Waals surface area (Å²) in [7, 11) is 3.07. The minimum atomic E-state index is -1.00. The molecule has 0 radical (unpaired) electrons. The van der Waals surface area contributed by atoms with Crippen molar-refractivity contribution in [2.75, 3.05) is 14.2 Å². The maximum absolute atomic E-state index is 13.7. The summed E-state index contributed by atoms with van der Waals surface area (Å²) in [6.45, 7) is 0. The number of carbonyl (C=O) groups excluding carboxylic acids is 1. The van der Waals surface area contributed by atoms with Gasteiger partial charge >= 0.3 is 5.97 Å². The lowest BCUT2D eigenvalue weighted by atomic mass is 9.47. The fourth-order valence-corrected chi connectivity index (χ4v) is 7.77. The molecule has 0 aliphatic heterocycles. The highest BCUT2D eigenvalue weighted by atomic mass is 19.1. The van der Waals surface area contributed by atoms with Crippen LogP contribution in [0.15, 0.2) is 48.5 Å². The zero-order valence-corrected chi connectivity index (χ0v) is 22.0. The molecule has 39 heavy (non-hydrogen) atoms. The summed E-state index contributed by atoms with van der Waals surface area (Å²) in [5.74, 6) is 0.652. The van der Waals surface area contributed by atoms with Gasteiger partial charge in [0.05, 0.1) is 31.2 Å². The number of rotatable bonds is 8. The minimum absolute atomic E-state index is 0.0539. The molecule has 3 aromatic rings. The molecule has 4 aliphatic carbocycles. The number of carboxylic acids is 1. The maximum Gasteiger partial charge on any atom is 0.326 e. The molecule has 1 atom stereocenters. The maximum atomic E-state index is 13.7. The Labute approximate surface area is 226 Å². The van der Waals surface area contributed by atoms with Crippen LogP contribution in [0.25, 0.3) is 16.9 Å². The van der Waals surface area contributed by atoms with Gasteiger partial charge in [-0.3, -0.25) is 4.79 Å². The van der Waals surface area contributed by atoms with Gasteiger partial charge in [-0.2, -0.15) is 5.10 Å². The van der Waals surface area contributed by atoms with E-state index in [2.05, 4.69) is 10.4 Å². The quantitative estimate of drug-likeness (QED) is 0.418. The molecular formula is C30H32FN3O5. The van der Waals surface area contributed by atoms with E-state index in [0.717, 1.165) is 19.3 Å². The van der Waals surface area contributed by atoms with Crippen LogP contribution >= 0.6 is 0 Å². The van der Waals surface area contributed by atoms with Crippen molar-refractivity contribution in [3.05, 3.63) is 60.0 Å². The molecule has 1 heterocycles. The summed E-state index contributed by atoms with van der Waals surface area (Å²) in [5.41, 5.74) is 1.20. The second kappa shape index (κ2) is 9.70. The number of nitrogens with zero attached hydrogens (tertiary/aromatic N) is 2. The number of aliphatic carboxylic acids is 1. The first kappa shape index (κ1) is 25.4. The Morgan fingerprint density at radius 2 is 1.56 bits per heavy atom. The lowest BCUT2D eigenvalue weighted by molar-refractivity contribution is -0.150. The molecule has 7 rings (SSSR count). The molecule has 4 fully saturated rings. The van der Waals surface area contributed by atoms with Gasteiger partial charge in [-0.1, -0.05) is 6.07 Å². The van der Waals surface area contributed by atoms with Gasteiger partial charge in [-0.15, -0.1) is 0 Å². The van der Waals surface area contributed by atoms with Crippen LogP contribution in [0.1, 0.15) is 49.0 Å². The molecule has 8 nitrogen and oxygen atoms in total. The summed E-state index contributed by atoms with van der Waals surface area (Å²) in [6, 6.07) is 11.7. The molecule has 4 bridgehead atoms.